The first kappa shape index (κ1) is 24.7. The molecule has 7 aromatic carbocycles. The Balaban J connectivity index is 0.000000110. The van der Waals surface area contributed by atoms with Crippen molar-refractivity contribution in [1.82, 2.24) is 9.97 Å². The van der Waals surface area contributed by atoms with Crippen molar-refractivity contribution in [2.45, 2.75) is 6.92 Å². The Morgan fingerprint density at radius 1 is 0.317 bits per heavy atom. The van der Waals surface area contributed by atoms with Gasteiger partial charge in [0.1, 0.15) is 0 Å². The summed E-state index contributed by atoms with van der Waals surface area (Å²) in [7, 11) is 0. The van der Waals surface area contributed by atoms with E-state index in [9.17, 15) is 0 Å². The topological polar surface area (TPSA) is 31.6 Å². The van der Waals surface area contributed by atoms with Gasteiger partial charge < -0.3 is 9.97 Å². The van der Waals surface area contributed by atoms with Gasteiger partial charge in [0, 0.05) is 43.4 Å². The van der Waals surface area contributed by atoms with E-state index in [1.807, 2.05) is 18.2 Å². The van der Waals surface area contributed by atoms with Crippen LogP contribution in [0.5, 0.6) is 0 Å². The summed E-state index contributed by atoms with van der Waals surface area (Å²) in [4.78, 5) is 7.04. The number of benzene rings is 7. The van der Waals surface area contributed by atoms with Gasteiger partial charge in [-0.15, -0.1) is 0 Å². The van der Waals surface area contributed by atoms with Gasteiger partial charge in [-0.25, -0.2) is 0 Å². The summed E-state index contributed by atoms with van der Waals surface area (Å²) in [5.41, 5.74) is 6.22. The summed E-state index contributed by atoms with van der Waals surface area (Å²) in [5.74, 6) is 0. The Morgan fingerprint density at radius 2 is 0.707 bits per heavy atom. The summed E-state index contributed by atoms with van der Waals surface area (Å²) >= 11 is 0. The van der Waals surface area contributed by atoms with Crippen LogP contribution in [-0.4, -0.2) is 9.97 Å². The smallest absolute Gasteiger partial charge is 0.0544 e. The van der Waals surface area contributed by atoms with E-state index < -0.39 is 0 Å². The fourth-order valence-electron chi connectivity index (χ4n) is 5.72. The van der Waals surface area contributed by atoms with Crippen molar-refractivity contribution < 1.29 is 0 Å². The minimum atomic E-state index is 1.21. The minimum Gasteiger partial charge on any atom is -0.354 e. The number of para-hydroxylation sites is 2. The summed E-state index contributed by atoms with van der Waals surface area (Å²) in [6, 6.07) is 53.0. The van der Waals surface area contributed by atoms with Gasteiger partial charge in [-0.3, -0.25) is 0 Å². The molecule has 0 amide bonds. The second-order valence-corrected chi connectivity index (χ2v) is 10.4. The number of nitrogens with one attached hydrogen (secondary N) is 2. The van der Waals surface area contributed by atoms with Gasteiger partial charge >= 0.3 is 0 Å². The highest BCUT2D eigenvalue weighted by molar-refractivity contribution is 6.17. The lowest BCUT2D eigenvalue weighted by atomic mass is 10.1. The van der Waals surface area contributed by atoms with Crippen molar-refractivity contribution in [3.8, 4) is 0 Å². The van der Waals surface area contributed by atoms with Crippen LogP contribution in [0, 0.1) is 6.92 Å². The van der Waals surface area contributed by atoms with Gasteiger partial charge in [0.05, 0.1) is 11.0 Å². The zero-order chi connectivity index (χ0) is 27.6. The molecule has 2 nitrogen and oxygen atoms in total. The molecule has 2 N–H and O–H groups in total. The largest absolute Gasteiger partial charge is 0.354 e. The van der Waals surface area contributed by atoms with Gasteiger partial charge in [-0.05, 0) is 29.8 Å². The van der Waals surface area contributed by atoms with Crippen molar-refractivity contribution in [3.05, 3.63) is 157 Å². The normalized spacial score (nSPS) is 11.0. The molecular formula is C39H30N2. The number of aryl methyl sites for hydroxylation is 1. The SMILES string of the molecule is Cc1ccccc1.c1ccc2c(c1)ccc1c3ccccc3[nH]c21.c1ccc2c(c1)ccc1c3ccccc3[nH]c21. The molecule has 2 heteroatoms. The van der Waals surface area contributed by atoms with Crippen LogP contribution in [0.15, 0.2) is 152 Å². The third-order valence-electron chi connectivity index (χ3n) is 7.75. The second kappa shape index (κ2) is 10.7. The number of H-pyrrole nitrogens is 2. The molecule has 0 aliphatic carbocycles. The third kappa shape index (κ3) is 4.70. The first-order valence-corrected chi connectivity index (χ1v) is 14.0. The number of aromatic nitrogens is 2. The summed E-state index contributed by atoms with van der Waals surface area (Å²) in [6.45, 7) is 2.08. The number of fused-ring (bicyclic) bond motifs is 10. The summed E-state index contributed by atoms with van der Waals surface area (Å²) < 4.78 is 0. The maximum atomic E-state index is 3.52. The Morgan fingerprint density at radius 3 is 1.15 bits per heavy atom. The van der Waals surface area contributed by atoms with Gasteiger partial charge in [-0.1, -0.05) is 145 Å². The number of aromatic amines is 2. The van der Waals surface area contributed by atoms with Crippen LogP contribution in [0.4, 0.5) is 0 Å². The maximum absolute atomic E-state index is 3.52. The molecular weight excluding hydrogens is 496 g/mol. The minimum absolute atomic E-state index is 1.21. The van der Waals surface area contributed by atoms with E-state index in [1.165, 1.54) is 70.7 Å². The van der Waals surface area contributed by atoms with Crippen molar-refractivity contribution in [2.24, 2.45) is 0 Å². The zero-order valence-electron chi connectivity index (χ0n) is 22.9. The monoisotopic (exact) mass is 526 g/mol. The van der Waals surface area contributed by atoms with E-state index in [-0.39, 0.29) is 0 Å². The fraction of sp³-hybridized carbons (Fsp3) is 0.0256. The van der Waals surface area contributed by atoms with Crippen LogP contribution in [0.2, 0.25) is 0 Å². The molecule has 0 aliphatic heterocycles. The number of hydrogen-bond donors (Lipinski definition) is 2. The molecule has 196 valence electrons. The molecule has 9 rings (SSSR count). The molecule has 0 radical (unpaired) electrons. The van der Waals surface area contributed by atoms with E-state index in [1.54, 1.807) is 0 Å². The Bertz CT molecular complexity index is 2120. The standard InChI is InChI=1S/2C16H11N.C7H8/c2*1-2-6-12-11(5-1)9-10-14-13-7-3-4-8-15(13)17-16(12)14;1-7-5-3-2-4-6-7/h2*1-10,17H;2-6H,1H3. The molecule has 0 spiro atoms. The lowest BCUT2D eigenvalue weighted by Gasteiger charge is -1.98. The van der Waals surface area contributed by atoms with Crippen LogP contribution >= 0.6 is 0 Å². The molecule has 0 bridgehead atoms. The van der Waals surface area contributed by atoms with Crippen LogP contribution < -0.4 is 0 Å². The fourth-order valence-corrected chi connectivity index (χ4v) is 5.72. The number of hydrogen-bond acceptors (Lipinski definition) is 0. The molecule has 41 heavy (non-hydrogen) atoms. The molecule has 9 aromatic rings. The van der Waals surface area contributed by atoms with Crippen LogP contribution in [0.3, 0.4) is 0 Å². The zero-order valence-corrected chi connectivity index (χ0v) is 22.9. The first-order chi connectivity index (χ1) is 20.3. The Kier molecular flexibility index (Phi) is 6.42. The molecule has 0 aliphatic rings. The average molecular weight is 527 g/mol. The highest BCUT2D eigenvalue weighted by atomic mass is 14.7. The van der Waals surface area contributed by atoms with Gasteiger partial charge in [-0.2, -0.15) is 0 Å². The predicted molar refractivity (Wildman–Crippen MR) is 178 cm³/mol. The lowest BCUT2D eigenvalue weighted by Crippen LogP contribution is -1.74. The molecule has 0 fully saturated rings. The van der Waals surface area contributed by atoms with Gasteiger partial charge in [0.15, 0.2) is 0 Å². The average Bonchev–Trinajstić information content (AvgIpc) is 3.61. The summed E-state index contributed by atoms with van der Waals surface area (Å²) in [6.07, 6.45) is 0. The second-order valence-electron chi connectivity index (χ2n) is 10.4. The van der Waals surface area contributed by atoms with E-state index in [4.69, 9.17) is 0 Å². The highest BCUT2D eigenvalue weighted by Crippen LogP contribution is 2.32. The van der Waals surface area contributed by atoms with Crippen LogP contribution in [0.25, 0.3) is 65.2 Å². The third-order valence-corrected chi connectivity index (χ3v) is 7.75. The molecule has 0 atom stereocenters. The Hall–Kier alpha value is -5.34. The molecule has 0 unspecified atom stereocenters. The van der Waals surface area contributed by atoms with E-state index in [2.05, 4.69) is 150 Å². The molecule has 2 aromatic heterocycles. The maximum Gasteiger partial charge on any atom is 0.0544 e. The van der Waals surface area contributed by atoms with Gasteiger partial charge in [0.25, 0.3) is 0 Å². The van der Waals surface area contributed by atoms with E-state index >= 15 is 0 Å². The number of rotatable bonds is 0. The highest BCUT2D eigenvalue weighted by Gasteiger charge is 2.07. The van der Waals surface area contributed by atoms with E-state index in [0.29, 0.717) is 0 Å². The van der Waals surface area contributed by atoms with Crippen LogP contribution in [0.1, 0.15) is 5.56 Å². The van der Waals surface area contributed by atoms with Crippen molar-refractivity contribution in [3.63, 3.8) is 0 Å². The summed E-state index contributed by atoms with van der Waals surface area (Å²) in [5, 5.41) is 10.4. The van der Waals surface area contributed by atoms with Gasteiger partial charge in [0.2, 0.25) is 0 Å². The van der Waals surface area contributed by atoms with Crippen LogP contribution in [-0.2, 0) is 0 Å². The molecule has 0 saturated heterocycles. The lowest BCUT2D eigenvalue weighted by molar-refractivity contribution is 1.48. The Labute approximate surface area is 238 Å². The van der Waals surface area contributed by atoms with Crippen molar-refractivity contribution in [2.75, 3.05) is 0 Å². The quantitative estimate of drug-likeness (QED) is 0.197. The van der Waals surface area contributed by atoms with Crippen molar-refractivity contribution in [1.29, 1.82) is 0 Å². The van der Waals surface area contributed by atoms with Crippen molar-refractivity contribution >= 4 is 65.2 Å². The molecule has 0 saturated carbocycles. The predicted octanol–water partition coefficient (Wildman–Crippen LogP) is 10.9. The van der Waals surface area contributed by atoms with E-state index in [0.717, 1.165) is 0 Å². The molecule has 2 heterocycles. The first-order valence-electron chi connectivity index (χ1n) is 14.0.